The van der Waals surface area contributed by atoms with E-state index in [-0.39, 0.29) is 10.8 Å². The first-order valence-electron chi connectivity index (χ1n) is 7.75. The molecule has 0 saturated carbocycles. The lowest BCUT2D eigenvalue weighted by Gasteiger charge is -2.25. The highest BCUT2D eigenvalue weighted by molar-refractivity contribution is 7.90. The molecule has 2 aromatic carbocycles. The molecular formula is C18H20N2O3S. The molecule has 0 aliphatic carbocycles. The van der Waals surface area contributed by atoms with Crippen LogP contribution in [0.25, 0.3) is 0 Å². The Bertz CT molecular complexity index is 891. The number of carbonyl (C=O) groups excluding carboxylic acids is 1. The van der Waals surface area contributed by atoms with Gasteiger partial charge >= 0.3 is 0 Å². The van der Waals surface area contributed by atoms with Crippen molar-refractivity contribution in [2.45, 2.75) is 17.9 Å². The molecule has 1 amide bonds. The molecule has 0 spiro atoms. The number of carbonyl (C=O) groups is 1. The second-order valence-electron chi connectivity index (χ2n) is 6.23. The van der Waals surface area contributed by atoms with Crippen molar-refractivity contribution in [1.82, 2.24) is 4.90 Å². The quantitative estimate of drug-likeness (QED) is 0.928. The molecule has 0 bridgehead atoms. The second kappa shape index (κ2) is 6.37. The van der Waals surface area contributed by atoms with Gasteiger partial charge in [0, 0.05) is 30.6 Å². The lowest BCUT2D eigenvalue weighted by Crippen LogP contribution is -2.26. The summed E-state index contributed by atoms with van der Waals surface area (Å²) < 4.78 is 23.2. The topological polar surface area (TPSA) is 66.5 Å². The van der Waals surface area contributed by atoms with E-state index in [9.17, 15) is 13.2 Å². The molecule has 126 valence electrons. The number of hydrogen-bond donors (Lipinski definition) is 1. The van der Waals surface area contributed by atoms with E-state index in [4.69, 9.17) is 0 Å². The van der Waals surface area contributed by atoms with Crippen LogP contribution in [0.5, 0.6) is 0 Å². The van der Waals surface area contributed by atoms with Crippen LogP contribution >= 0.6 is 0 Å². The Balaban J connectivity index is 1.82. The van der Waals surface area contributed by atoms with E-state index in [1.54, 1.807) is 12.1 Å². The molecule has 0 fully saturated rings. The third-order valence-electron chi connectivity index (χ3n) is 4.19. The highest BCUT2D eigenvalue weighted by Gasteiger charge is 2.15. The van der Waals surface area contributed by atoms with Crippen molar-refractivity contribution in [3.8, 4) is 0 Å². The Kier molecular flexibility index (Phi) is 4.43. The van der Waals surface area contributed by atoms with Gasteiger partial charge in [-0.15, -0.1) is 0 Å². The Morgan fingerprint density at radius 2 is 1.92 bits per heavy atom. The molecule has 0 aromatic heterocycles. The maximum absolute atomic E-state index is 12.4. The van der Waals surface area contributed by atoms with Gasteiger partial charge in [0.1, 0.15) is 0 Å². The zero-order valence-corrected chi connectivity index (χ0v) is 14.6. The third kappa shape index (κ3) is 3.66. The van der Waals surface area contributed by atoms with Crippen molar-refractivity contribution in [2.24, 2.45) is 0 Å². The molecule has 1 aliphatic heterocycles. The van der Waals surface area contributed by atoms with Gasteiger partial charge in [0.25, 0.3) is 5.91 Å². The molecule has 0 saturated heterocycles. The lowest BCUT2D eigenvalue weighted by molar-refractivity contribution is 0.102. The van der Waals surface area contributed by atoms with E-state index >= 15 is 0 Å². The molecule has 1 aliphatic rings. The number of amides is 1. The summed E-state index contributed by atoms with van der Waals surface area (Å²) >= 11 is 0. The fraction of sp³-hybridized carbons (Fsp3) is 0.278. The maximum atomic E-state index is 12.4. The molecular weight excluding hydrogens is 324 g/mol. The van der Waals surface area contributed by atoms with Crippen LogP contribution < -0.4 is 5.32 Å². The number of sulfone groups is 1. The van der Waals surface area contributed by atoms with Gasteiger partial charge in [-0.05, 0) is 54.9 Å². The molecule has 5 nitrogen and oxygen atoms in total. The predicted octanol–water partition coefficient (Wildman–Crippen LogP) is 2.33. The Hall–Kier alpha value is -2.18. The van der Waals surface area contributed by atoms with Crippen LogP contribution in [0, 0.1) is 0 Å². The van der Waals surface area contributed by atoms with Crippen molar-refractivity contribution in [3.05, 3.63) is 59.2 Å². The summed E-state index contributed by atoms with van der Waals surface area (Å²) in [6, 6.07) is 12.0. The number of likely N-dealkylation sites (N-methyl/N-ethyl adjacent to an activating group) is 1. The smallest absolute Gasteiger partial charge is 0.255 e. The number of nitrogens with zero attached hydrogens (tertiary/aromatic N) is 1. The van der Waals surface area contributed by atoms with E-state index in [0.717, 1.165) is 31.5 Å². The molecule has 24 heavy (non-hydrogen) atoms. The van der Waals surface area contributed by atoms with Crippen LogP contribution in [0.4, 0.5) is 5.69 Å². The minimum absolute atomic E-state index is 0.141. The van der Waals surface area contributed by atoms with E-state index in [1.807, 2.05) is 18.2 Å². The second-order valence-corrected chi connectivity index (χ2v) is 8.24. The first-order chi connectivity index (χ1) is 11.3. The summed E-state index contributed by atoms with van der Waals surface area (Å²) in [6.45, 7) is 1.90. The van der Waals surface area contributed by atoms with Crippen molar-refractivity contribution in [1.29, 1.82) is 0 Å². The molecule has 0 radical (unpaired) electrons. The van der Waals surface area contributed by atoms with E-state index < -0.39 is 9.84 Å². The lowest BCUT2D eigenvalue weighted by atomic mass is 9.99. The zero-order valence-electron chi connectivity index (χ0n) is 13.7. The molecule has 0 atom stereocenters. The standard InChI is InChI=1S/C18H20N2O3S/c1-20-9-8-13-6-7-16(10-15(13)12-20)19-18(21)14-4-3-5-17(11-14)24(2,22)23/h3-7,10-11H,8-9,12H2,1-2H3,(H,19,21). The van der Waals surface area contributed by atoms with Crippen LogP contribution in [-0.4, -0.2) is 39.1 Å². The first kappa shape index (κ1) is 16.7. The predicted molar refractivity (Wildman–Crippen MR) is 94.0 cm³/mol. The summed E-state index contributed by atoms with van der Waals surface area (Å²) in [6.07, 6.45) is 2.14. The van der Waals surface area contributed by atoms with Crippen molar-refractivity contribution < 1.29 is 13.2 Å². The van der Waals surface area contributed by atoms with Crippen LogP contribution in [0.15, 0.2) is 47.4 Å². The number of rotatable bonds is 3. The van der Waals surface area contributed by atoms with Gasteiger partial charge in [0.15, 0.2) is 9.84 Å². The van der Waals surface area contributed by atoms with Crippen molar-refractivity contribution in [3.63, 3.8) is 0 Å². The summed E-state index contributed by atoms with van der Waals surface area (Å²) in [4.78, 5) is 14.8. The van der Waals surface area contributed by atoms with Gasteiger partial charge in [0.2, 0.25) is 0 Å². The highest BCUT2D eigenvalue weighted by Crippen LogP contribution is 2.22. The average Bonchev–Trinajstić information content (AvgIpc) is 2.54. The Morgan fingerprint density at radius 1 is 1.12 bits per heavy atom. The van der Waals surface area contributed by atoms with Crippen LogP contribution in [0.1, 0.15) is 21.5 Å². The first-order valence-corrected chi connectivity index (χ1v) is 9.64. The summed E-state index contributed by atoms with van der Waals surface area (Å²) in [5.74, 6) is -0.315. The van der Waals surface area contributed by atoms with Gasteiger partial charge in [0.05, 0.1) is 4.90 Å². The minimum atomic E-state index is -3.34. The van der Waals surface area contributed by atoms with Gasteiger partial charge in [-0.1, -0.05) is 12.1 Å². The SMILES string of the molecule is CN1CCc2ccc(NC(=O)c3cccc(S(C)(=O)=O)c3)cc2C1. The van der Waals surface area contributed by atoms with E-state index in [2.05, 4.69) is 17.3 Å². The van der Waals surface area contributed by atoms with Crippen LogP contribution in [0.2, 0.25) is 0 Å². The van der Waals surface area contributed by atoms with Crippen LogP contribution in [0.3, 0.4) is 0 Å². The van der Waals surface area contributed by atoms with Crippen LogP contribution in [-0.2, 0) is 22.8 Å². The summed E-state index contributed by atoms with van der Waals surface area (Å²) in [5.41, 5.74) is 3.57. The molecule has 0 unspecified atom stereocenters. The van der Waals surface area contributed by atoms with Gasteiger partial charge in [-0.3, -0.25) is 4.79 Å². The summed E-state index contributed by atoms with van der Waals surface area (Å²) in [5, 5.41) is 2.85. The molecule has 3 rings (SSSR count). The normalized spacial score (nSPS) is 14.9. The molecule has 2 aromatic rings. The molecule has 1 heterocycles. The number of hydrogen-bond acceptors (Lipinski definition) is 4. The van der Waals surface area contributed by atoms with Gasteiger partial charge in [-0.25, -0.2) is 8.42 Å². The highest BCUT2D eigenvalue weighted by atomic mass is 32.2. The largest absolute Gasteiger partial charge is 0.322 e. The number of nitrogens with one attached hydrogen (secondary N) is 1. The number of benzene rings is 2. The Labute approximate surface area is 142 Å². The molecule has 6 heteroatoms. The van der Waals surface area contributed by atoms with E-state index in [0.29, 0.717) is 5.56 Å². The summed E-state index contributed by atoms with van der Waals surface area (Å²) in [7, 11) is -1.26. The van der Waals surface area contributed by atoms with Crippen molar-refractivity contribution in [2.75, 3.05) is 25.2 Å². The van der Waals surface area contributed by atoms with Gasteiger partial charge in [-0.2, -0.15) is 0 Å². The van der Waals surface area contributed by atoms with E-state index in [1.165, 1.54) is 23.3 Å². The minimum Gasteiger partial charge on any atom is -0.322 e. The fourth-order valence-electron chi connectivity index (χ4n) is 2.85. The third-order valence-corrected chi connectivity index (χ3v) is 5.30. The number of fused-ring (bicyclic) bond motifs is 1. The zero-order chi connectivity index (χ0) is 17.3. The monoisotopic (exact) mass is 344 g/mol. The maximum Gasteiger partial charge on any atom is 0.255 e. The molecule has 1 N–H and O–H groups in total. The fourth-order valence-corrected chi connectivity index (χ4v) is 3.51. The number of anilines is 1. The van der Waals surface area contributed by atoms with Crippen molar-refractivity contribution >= 4 is 21.4 Å². The Morgan fingerprint density at radius 3 is 2.67 bits per heavy atom. The van der Waals surface area contributed by atoms with Gasteiger partial charge < -0.3 is 10.2 Å². The average molecular weight is 344 g/mol.